The van der Waals surface area contributed by atoms with Crippen LogP contribution in [0.15, 0.2) is 23.4 Å². The van der Waals surface area contributed by atoms with E-state index in [9.17, 15) is 15.1 Å². The third-order valence-corrected chi connectivity index (χ3v) is 5.49. The summed E-state index contributed by atoms with van der Waals surface area (Å²) in [6.45, 7) is 3.76. The highest BCUT2D eigenvalue weighted by Crippen LogP contribution is 2.26. The lowest BCUT2D eigenvalue weighted by Gasteiger charge is -2.26. The van der Waals surface area contributed by atoms with Crippen LogP contribution in [0.5, 0.6) is 11.5 Å². The minimum absolute atomic E-state index is 0.00340. The van der Waals surface area contributed by atoms with E-state index in [2.05, 4.69) is 12.1 Å². The molecule has 0 radical (unpaired) electrons. The normalized spacial score (nSPS) is 14.8. The molecule has 1 amide bonds. The zero-order valence-corrected chi connectivity index (χ0v) is 17.7. The number of carbonyl (C=O) groups is 1. The third kappa shape index (κ3) is 7.95. The smallest absolute Gasteiger partial charge is 0.260 e. The van der Waals surface area contributed by atoms with Gasteiger partial charge in [-0.15, -0.1) is 0 Å². The molecule has 6 nitrogen and oxygen atoms in total. The molecule has 0 spiro atoms. The summed E-state index contributed by atoms with van der Waals surface area (Å²) in [6, 6.07) is 4.87. The molecule has 1 heterocycles. The van der Waals surface area contributed by atoms with E-state index in [1.807, 2.05) is 4.90 Å². The molecule has 2 N–H and O–H groups in total. The Morgan fingerprint density at radius 1 is 1.07 bits per heavy atom. The molecule has 0 atom stereocenters. The number of phenolic OH excluding ortho intramolecular Hbond substituents is 1. The fourth-order valence-electron chi connectivity index (χ4n) is 3.71. The summed E-state index contributed by atoms with van der Waals surface area (Å²) in [5.41, 5.74) is 0.986. The molecule has 1 fully saturated rings. The maximum atomic E-state index is 12.2. The monoisotopic (exact) mass is 404 g/mol. The minimum atomic E-state index is -0.0300. The molecular weight excluding hydrogens is 368 g/mol. The second kappa shape index (κ2) is 13.1. The first kappa shape index (κ1) is 23.0. The predicted octanol–water partition coefficient (Wildman–Crippen LogP) is 5.10. The lowest BCUT2D eigenvalue weighted by atomic mass is 10.0. The van der Waals surface area contributed by atoms with E-state index >= 15 is 0 Å². The van der Waals surface area contributed by atoms with Crippen molar-refractivity contribution in [1.82, 2.24) is 4.90 Å². The van der Waals surface area contributed by atoms with Gasteiger partial charge in [-0.3, -0.25) is 4.79 Å². The first-order valence-electron chi connectivity index (χ1n) is 11.1. The van der Waals surface area contributed by atoms with Crippen molar-refractivity contribution >= 4 is 11.6 Å². The molecule has 6 heteroatoms. The Labute approximate surface area is 174 Å². The zero-order valence-electron chi connectivity index (χ0n) is 17.7. The van der Waals surface area contributed by atoms with Gasteiger partial charge in [0.2, 0.25) is 0 Å². The number of rotatable bonds is 12. The Balaban J connectivity index is 1.79. The van der Waals surface area contributed by atoms with Crippen molar-refractivity contribution in [2.45, 2.75) is 77.6 Å². The van der Waals surface area contributed by atoms with Gasteiger partial charge in [-0.2, -0.15) is 0 Å². The van der Waals surface area contributed by atoms with Crippen LogP contribution in [-0.2, 0) is 4.79 Å². The van der Waals surface area contributed by atoms with Crippen molar-refractivity contribution in [3.8, 4) is 11.5 Å². The van der Waals surface area contributed by atoms with Crippen molar-refractivity contribution < 1.29 is 19.8 Å². The Kier molecular flexibility index (Phi) is 10.4. The number of nitrogens with zero attached hydrogens (tertiary/aromatic N) is 2. The van der Waals surface area contributed by atoms with E-state index < -0.39 is 0 Å². The number of benzene rings is 1. The van der Waals surface area contributed by atoms with Crippen molar-refractivity contribution in [2.24, 2.45) is 5.16 Å². The number of carbonyl (C=O) groups excluding carboxylic acids is 1. The number of ether oxygens (including phenoxy) is 1. The highest BCUT2D eigenvalue weighted by Gasteiger charge is 2.17. The first-order chi connectivity index (χ1) is 14.2. The molecule has 0 bridgehead atoms. The highest BCUT2D eigenvalue weighted by molar-refractivity contribution is 6.02. The fourth-order valence-corrected chi connectivity index (χ4v) is 3.71. The lowest BCUT2D eigenvalue weighted by molar-refractivity contribution is -0.134. The van der Waals surface area contributed by atoms with Crippen molar-refractivity contribution in [3.63, 3.8) is 0 Å². The van der Waals surface area contributed by atoms with E-state index in [1.165, 1.54) is 44.6 Å². The van der Waals surface area contributed by atoms with Gasteiger partial charge in [-0.05, 0) is 44.2 Å². The quantitative estimate of drug-likeness (QED) is 0.220. The molecule has 0 aliphatic carbocycles. The average Bonchev–Trinajstić information content (AvgIpc) is 2.75. The summed E-state index contributed by atoms with van der Waals surface area (Å²) in [5.74, 6) is 0.415. The van der Waals surface area contributed by atoms with Crippen LogP contribution in [-0.4, -0.2) is 46.5 Å². The van der Waals surface area contributed by atoms with Gasteiger partial charge in [0.05, 0.1) is 5.71 Å². The van der Waals surface area contributed by atoms with Gasteiger partial charge in [0, 0.05) is 24.7 Å². The van der Waals surface area contributed by atoms with Crippen LogP contribution >= 0.6 is 0 Å². The summed E-state index contributed by atoms with van der Waals surface area (Å²) < 4.78 is 5.56. The number of phenols is 1. The molecule has 1 aliphatic rings. The summed E-state index contributed by atoms with van der Waals surface area (Å²) in [5, 5.41) is 23.1. The van der Waals surface area contributed by atoms with Crippen LogP contribution < -0.4 is 4.74 Å². The first-order valence-corrected chi connectivity index (χ1v) is 11.1. The van der Waals surface area contributed by atoms with Gasteiger partial charge in [-0.25, -0.2) is 0 Å². The van der Waals surface area contributed by atoms with Gasteiger partial charge < -0.3 is 20.0 Å². The van der Waals surface area contributed by atoms with Crippen LogP contribution in [0.4, 0.5) is 0 Å². The van der Waals surface area contributed by atoms with E-state index in [0.29, 0.717) is 23.4 Å². The highest BCUT2D eigenvalue weighted by atomic mass is 16.5. The molecule has 0 aromatic heterocycles. The predicted molar refractivity (Wildman–Crippen MR) is 115 cm³/mol. The number of unbranched alkanes of at least 4 members (excludes halogenated alkanes) is 6. The van der Waals surface area contributed by atoms with Crippen molar-refractivity contribution in [1.29, 1.82) is 0 Å². The van der Waals surface area contributed by atoms with Gasteiger partial charge in [0.25, 0.3) is 5.91 Å². The molecule has 1 aromatic carbocycles. The molecule has 1 saturated heterocycles. The molecular formula is C23H36N2O4. The van der Waals surface area contributed by atoms with E-state index in [1.54, 1.807) is 12.1 Å². The number of aromatic hydroxyl groups is 1. The van der Waals surface area contributed by atoms with Crippen LogP contribution in [0.2, 0.25) is 0 Å². The number of oxime groups is 1. The van der Waals surface area contributed by atoms with E-state index in [-0.39, 0.29) is 18.3 Å². The van der Waals surface area contributed by atoms with Crippen LogP contribution in [0.1, 0.15) is 83.1 Å². The number of likely N-dealkylation sites (tertiary alicyclic amines) is 1. The van der Waals surface area contributed by atoms with Gasteiger partial charge in [0.15, 0.2) is 6.61 Å². The Hall–Kier alpha value is -2.24. The largest absolute Gasteiger partial charge is 0.507 e. The molecule has 162 valence electrons. The number of amides is 1. The zero-order chi connectivity index (χ0) is 20.9. The Morgan fingerprint density at radius 3 is 2.41 bits per heavy atom. The van der Waals surface area contributed by atoms with E-state index in [0.717, 1.165) is 38.8 Å². The molecule has 1 aromatic rings. The summed E-state index contributed by atoms with van der Waals surface area (Å²) in [6.07, 6.45) is 12.1. The maximum absolute atomic E-state index is 12.2. The van der Waals surface area contributed by atoms with Gasteiger partial charge in [-0.1, -0.05) is 50.6 Å². The van der Waals surface area contributed by atoms with Gasteiger partial charge >= 0.3 is 0 Å². The maximum Gasteiger partial charge on any atom is 0.260 e. The average molecular weight is 405 g/mol. The third-order valence-electron chi connectivity index (χ3n) is 5.49. The minimum Gasteiger partial charge on any atom is -0.507 e. The SMILES string of the molecule is CCCCCCCCCC(=NO)c1ccc(OCC(=O)N2CCCCC2)cc1O. The summed E-state index contributed by atoms with van der Waals surface area (Å²) in [4.78, 5) is 14.0. The number of piperidine rings is 1. The van der Waals surface area contributed by atoms with Crippen LogP contribution in [0.3, 0.4) is 0 Å². The molecule has 29 heavy (non-hydrogen) atoms. The molecule has 1 aliphatic heterocycles. The second-order valence-corrected chi connectivity index (χ2v) is 7.83. The Bertz CT molecular complexity index is 654. The van der Waals surface area contributed by atoms with Crippen molar-refractivity contribution in [2.75, 3.05) is 19.7 Å². The molecule has 2 rings (SSSR count). The number of hydrogen-bond donors (Lipinski definition) is 2. The van der Waals surface area contributed by atoms with Crippen LogP contribution in [0.25, 0.3) is 0 Å². The van der Waals surface area contributed by atoms with Crippen molar-refractivity contribution in [3.05, 3.63) is 23.8 Å². The van der Waals surface area contributed by atoms with E-state index in [4.69, 9.17) is 4.74 Å². The second-order valence-electron chi connectivity index (χ2n) is 7.83. The fraction of sp³-hybridized carbons (Fsp3) is 0.652. The Morgan fingerprint density at radius 2 is 1.76 bits per heavy atom. The van der Waals surface area contributed by atoms with Crippen LogP contribution in [0, 0.1) is 0 Å². The molecule has 0 unspecified atom stereocenters. The standard InChI is InChI=1S/C23H36N2O4/c1-2-3-4-5-6-7-9-12-21(24-28)20-14-13-19(17-22(20)26)29-18-23(27)25-15-10-8-11-16-25/h13-14,17,26,28H,2-12,15-16,18H2,1H3. The molecule has 0 saturated carbocycles. The lowest BCUT2D eigenvalue weighted by Crippen LogP contribution is -2.38. The number of hydrogen-bond acceptors (Lipinski definition) is 5. The summed E-state index contributed by atoms with van der Waals surface area (Å²) >= 11 is 0. The van der Waals surface area contributed by atoms with Gasteiger partial charge in [0.1, 0.15) is 11.5 Å². The topological polar surface area (TPSA) is 82.4 Å². The summed E-state index contributed by atoms with van der Waals surface area (Å²) in [7, 11) is 0.